The Balaban J connectivity index is 5.26. The van der Waals surface area contributed by atoms with Gasteiger partial charge in [-0.25, -0.2) is 9.13 Å². The number of carbonyl (C=O) groups excluding carboxylic acids is 4. The third kappa shape index (κ3) is 63.2. The molecule has 0 saturated carbocycles. The Hall–Kier alpha value is -1.94. The molecule has 0 rings (SSSR count). The van der Waals surface area contributed by atoms with Gasteiger partial charge in [0, 0.05) is 25.7 Å². The molecule has 0 amide bonds. The average molecular weight is 1310 g/mol. The van der Waals surface area contributed by atoms with E-state index >= 15 is 0 Å². The molecule has 0 aliphatic heterocycles. The van der Waals surface area contributed by atoms with Crippen LogP contribution in [0.3, 0.4) is 0 Å². The Morgan fingerprint density at radius 3 is 0.854 bits per heavy atom. The van der Waals surface area contributed by atoms with Crippen LogP contribution in [0.25, 0.3) is 0 Å². The number of phosphoric acid groups is 2. The lowest BCUT2D eigenvalue weighted by Gasteiger charge is -2.21. The van der Waals surface area contributed by atoms with Gasteiger partial charge in [0.1, 0.15) is 19.3 Å². The third-order valence-corrected chi connectivity index (χ3v) is 18.4. The maximum absolute atomic E-state index is 13.0. The summed E-state index contributed by atoms with van der Waals surface area (Å²) in [7, 11) is -9.90. The van der Waals surface area contributed by atoms with E-state index in [1.54, 1.807) is 0 Å². The molecule has 0 spiro atoms. The molecule has 528 valence electrons. The number of ether oxygens (including phenoxy) is 4. The summed E-state index contributed by atoms with van der Waals surface area (Å²) in [6.07, 6.45) is 44.4. The largest absolute Gasteiger partial charge is 0.472 e. The lowest BCUT2D eigenvalue weighted by Crippen LogP contribution is -2.30. The van der Waals surface area contributed by atoms with Gasteiger partial charge in [-0.2, -0.15) is 0 Å². The zero-order valence-corrected chi connectivity index (χ0v) is 59.7. The standard InChI is InChI=1S/C70H136O17P2/c1-8-10-11-12-13-14-15-16-17-18-22-30-37-44-51-67(72)80-57-65(86-69(74)53-46-39-31-23-20-19-21-29-36-43-50-63(7)9-2)59-84-88(76,77)82-55-64(71)56-83-89(78,79)85-60-66(58-81-68(73)52-45-38-33-26-28-35-42-49-62(5)6)87-70(75)54-47-40-32-25-24-27-34-41-48-61(3)4/h61-66,71H,8-60H2,1-7H3,(H,76,77)(H,78,79)/t63?,64-,65-,66-/m1/s1. The van der Waals surface area contributed by atoms with Crippen LogP contribution >= 0.6 is 15.6 Å². The number of hydrogen-bond acceptors (Lipinski definition) is 15. The molecule has 0 bridgehead atoms. The van der Waals surface area contributed by atoms with E-state index in [1.165, 1.54) is 154 Å². The third-order valence-electron chi connectivity index (χ3n) is 16.5. The first kappa shape index (κ1) is 87.1. The van der Waals surface area contributed by atoms with Gasteiger partial charge < -0.3 is 33.8 Å². The molecular formula is C70H136O17P2. The first-order valence-corrected chi connectivity index (χ1v) is 39.4. The Kier molecular flexibility index (Phi) is 59.6. The fraction of sp³-hybridized carbons (Fsp3) is 0.943. The summed E-state index contributed by atoms with van der Waals surface area (Å²) in [4.78, 5) is 72.5. The highest BCUT2D eigenvalue weighted by atomic mass is 31.2. The molecule has 89 heavy (non-hydrogen) atoms. The van der Waals surface area contributed by atoms with Gasteiger partial charge in [-0.15, -0.1) is 0 Å². The summed E-state index contributed by atoms with van der Waals surface area (Å²) in [6.45, 7) is 11.8. The minimum atomic E-state index is -4.95. The van der Waals surface area contributed by atoms with Crippen LogP contribution in [0.1, 0.15) is 350 Å². The second-order valence-corrected chi connectivity index (χ2v) is 29.4. The van der Waals surface area contributed by atoms with Crippen LogP contribution in [0.15, 0.2) is 0 Å². The van der Waals surface area contributed by atoms with Crippen LogP contribution in [0.5, 0.6) is 0 Å². The van der Waals surface area contributed by atoms with Crippen molar-refractivity contribution in [3.05, 3.63) is 0 Å². The molecule has 3 unspecified atom stereocenters. The van der Waals surface area contributed by atoms with Crippen LogP contribution in [0.4, 0.5) is 0 Å². The lowest BCUT2D eigenvalue weighted by atomic mass is 9.99. The van der Waals surface area contributed by atoms with Crippen molar-refractivity contribution in [2.24, 2.45) is 17.8 Å². The molecule has 0 radical (unpaired) electrons. The fourth-order valence-corrected chi connectivity index (χ4v) is 12.1. The maximum Gasteiger partial charge on any atom is 0.472 e. The van der Waals surface area contributed by atoms with Crippen LogP contribution in [-0.4, -0.2) is 96.7 Å². The minimum absolute atomic E-state index is 0.103. The van der Waals surface area contributed by atoms with Gasteiger partial charge in [-0.3, -0.25) is 37.3 Å². The van der Waals surface area contributed by atoms with Gasteiger partial charge in [0.2, 0.25) is 0 Å². The van der Waals surface area contributed by atoms with Gasteiger partial charge >= 0.3 is 39.5 Å². The van der Waals surface area contributed by atoms with Gasteiger partial charge in [0.15, 0.2) is 12.2 Å². The summed E-state index contributed by atoms with van der Waals surface area (Å²) < 4.78 is 68.3. The van der Waals surface area contributed by atoms with Crippen molar-refractivity contribution < 1.29 is 80.2 Å². The number of esters is 4. The SMILES string of the molecule is CCCCCCCCCCCCCCCCC(=O)OC[C@H](COP(=O)(O)OC[C@@H](O)COP(=O)(O)OC[C@@H](COC(=O)CCCCCCCCCC(C)C)OC(=O)CCCCCCCCCCC(C)C)OC(=O)CCCCCCCCCCCCC(C)CC. The Labute approximate surface area is 543 Å². The summed E-state index contributed by atoms with van der Waals surface area (Å²) in [5.74, 6) is 0.0984. The van der Waals surface area contributed by atoms with E-state index in [1.807, 2.05) is 0 Å². The van der Waals surface area contributed by atoms with Gasteiger partial charge in [0.25, 0.3) is 0 Å². The Morgan fingerprint density at radius 2 is 0.573 bits per heavy atom. The normalized spacial score (nSPS) is 14.5. The van der Waals surface area contributed by atoms with Crippen LogP contribution in [0, 0.1) is 17.8 Å². The predicted molar refractivity (Wildman–Crippen MR) is 358 cm³/mol. The second kappa shape index (κ2) is 61.0. The predicted octanol–water partition coefficient (Wildman–Crippen LogP) is 19.8. The van der Waals surface area contributed by atoms with Gasteiger partial charge in [-0.1, -0.05) is 299 Å². The summed E-state index contributed by atoms with van der Waals surface area (Å²) >= 11 is 0. The average Bonchev–Trinajstić information content (AvgIpc) is 3.57. The fourth-order valence-electron chi connectivity index (χ4n) is 10.5. The van der Waals surface area contributed by atoms with E-state index in [4.69, 9.17) is 37.0 Å². The summed E-state index contributed by atoms with van der Waals surface area (Å²) in [5.41, 5.74) is 0. The molecule has 0 saturated heterocycles. The Bertz CT molecular complexity index is 1750. The van der Waals surface area contributed by atoms with E-state index in [2.05, 4.69) is 48.5 Å². The van der Waals surface area contributed by atoms with Crippen molar-refractivity contribution in [3.8, 4) is 0 Å². The van der Waals surface area contributed by atoms with Crippen molar-refractivity contribution >= 4 is 39.5 Å². The molecule has 0 heterocycles. The number of rotatable bonds is 68. The monoisotopic (exact) mass is 1310 g/mol. The van der Waals surface area contributed by atoms with E-state index < -0.39 is 97.5 Å². The van der Waals surface area contributed by atoms with Crippen molar-refractivity contribution in [1.82, 2.24) is 0 Å². The van der Waals surface area contributed by atoms with Crippen LogP contribution in [0.2, 0.25) is 0 Å². The molecule has 6 atom stereocenters. The van der Waals surface area contributed by atoms with E-state index in [-0.39, 0.29) is 25.7 Å². The summed E-state index contributed by atoms with van der Waals surface area (Å²) in [6, 6.07) is 0. The zero-order chi connectivity index (χ0) is 65.9. The van der Waals surface area contributed by atoms with Crippen molar-refractivity contribution in [1.29, 1.82) is 0 Å². The van der Waals surface area contributed by atoms with Crippen LogP contribution < -0.4 is 0 Å². The van der Waals surface area contributed by atoms with Crippen molar-refractivity contribution in [3.63, 3.8) is 0 Å². The first-order chi connectivity index (χ1) is 42.8. The zero-order valence-electron chi connectivity index (χ0n) is 57.9. The molecule has 17 nitrogen and oxygen atoms in total. The van der Waals surface area contributed by atoms with E-state index in [9.17, 15) is 43.2 Å². The summed E-state index contributed by atoms with van der Waals surface area (Å²) in [5, 5.41) is 10.6. The molecule has 0 aliphatic rings. The highest BCUT2D eigenvalue weighted by Gasteiger charge is 2.30. The topological polar surface area (TPSA) is 237 Å². The molecular weight excluding hydrogens is 1170 g/mol. The number of carbonyl (C=O) groups is 4. The molecule has 0 aromatic rings. The molecule has 0 aromatic carbocycles. The molecule has 0 aliphatic carbocycles. The van der Waals surface area contributed by atoms with E-state index in [0.29, 0.717) is 31.6 Å². The second-order valence-electron chi connectivity index (χ2n) is 26.5. The molecule has 0 aromatic heterocycles. The lowest BCUT2D eigenvalue weighted by molar-refractivity contribution is -0.161. The number of unbranched alkanes of at least 4 members (excludes halogenated alkanes) is 35. The highest BCUT2D eigenvalue weighted by Crippen LogP contribution is 2.45. The number of aliphatic hydroxyl groups is 1. The van der Waals surface area contributed by atoms with Crippen molar-refractivity contribution in [2.75, 3.05) is 39.6 Å². The van der Waals surface area contributed by atoms with Crippen molar-refractivity contribution in [2.45, 2.75) is 369 Å². The van der Waals surface area contributed by atoms with Crippen LogP contribution in [-0.2, 0) is 65.4 Å². The van der Waals surface area contributed by atoms with Gasteiger partial charge in [-0.05, 0) is 43.4 Å². The van der Waals surface area contributed by atoms with E-state index in [0.717, 1.165) is 108 Å². The quantitative estimate of drug-likeness (QED) is 0.0222. The maximum atomic E-state index is 13.0. The first-order valence-electron chi connectivity index (χ1n) is 36.4. The Morgan fingerprint density at radius 1 is 0.326 bits per heavy atom. The minimum Gasteiger partial charge on any atom is -0.462 e. The van der Waals surface area contributed by atoms with Gasteiger partial charge in [0.05, 0.1) is 26.4 Å². The molecule has 19 heteroatoms. The molecule has 3 N–H and O–H groups in total. The number of aliphatic hydroxyl groups excluding tert-OH is 1. The molecule has 0 fully saturated rings. The highest BCUT2D eigenvalue weighted by molar-refractivity contribution is 7.47. The number of phosphoric ester groups is 2. The number of hydrogen-bond donors (Lipinski definition) is 3. The smallest absolute Gasteiger partial charge is 0.462 e.